The van der Waals surface area contributed by atoms with Crippen molar-refractivity contribution in [2.45, 2.75) is 71.7 Å². The molecule has 3 N–H and O–H groups in total. The zero-order valence-corrected chi connectivity index (χ0v) is 21.5. The lowest BCUT2D eigenvalue weighted by Crippen LogP contribution is -2.58. The van der Waals surface area contributed by atoms with Crippen molar-refractivity contribution in [1.29, 1.82) is 0 Å². The van der Waals surface area contributed by atoms with Crippen LogP contribution in [0.15, 0.2) is 29.8 Å². The van der Waals surface area contributed by atoms with Crippen LogP contribution >= 0.6 is 11.3 Å². The van der Waals surface area contributed by atoms with Crippen LogP contribution < -0.4 is 10.6 Å². The molecule has 2 heterocycles. The van der Waals surface area contributed by atoms with Crippen LogP contribution in [0.4, 0.5) is 0 Å². The van der Waals surface area contributed by atoms with Crippen molar-refractivity contribution in [1.82, 2.24) is 20.5 Å². The van der Waals surface area contributed by atoms with Gasteiger partial charge in [-0.2, -0.15) is 0 Å². The Balaban J connectivity index is 1.41. The van der Waals surface area contributed by atoms with E-state index in [1.54, 1.807) is 11.3 Å². The fourth-order valence-electron chi connectivity index (χ4n) is 4.39. The average molecular weight is 499 g/mol. The number of carbonyl (C=O) groups excluding carboxylic acids is 3. The van der Waals surface area contributed by atoms with E-state index < -0.39 is 23.6 Å². The second kappa shape index (κ2) is 10.1. The number of hydrogen-bond donors (Lipinski definition) is 3. The van der Waals surface area contributed by atoms with E-state index in [0.29, 0.717) is 6.54 Å². The first-order chi connectivity index (χ1) is 16.5. The number of thiazole rings is 1. The van der Waals surface area contributed by atoms with E-state index in [-0.39, 0.29) is 36.6 Å². The minimum absolute atomic E-state index is 0.0257. The fourth-order valence-corrected chi connectivity index (χ4v) is 5.20. The van der Waals surface area contributed by atoms with Crippen LogP contribution in [0.3, 0.4) is 0 Å². The second-order valence-corrected chi connectivity index (χ2v) is 11.5. The van der Waals surface area contributed by atoms with Gasteiger partial charge in [0.1, 0.15) is 12.1 Å². The van der Waals surface area contributed by atoms with E-state index in [0.717, 1.165) is 34.5 Å². The molecule has 0 bridgehead atoms. The van der Waals surface area contributed by atoms with Gasteiger partial charge >= 0.3 is 0 Å². The third kappa shape index (κ3) is 5.90. The van der Waals surface area contributed by atoms with E-state index >= 15 is 0 Å². The van der Waals surface area contributed by atoms with E-state index in [1.807, 2.05) is 57.5 Å². The maximum atomic E-state index is 13.5. The molecule has 2 aromatic rings. The Labute approximate surface area is 210 Å². The SMILES string of the molecule is Cc1ncsc1-c1ccc(CNC(=O)C2CC(O)CN2C(=O)C(NC(=O)C2CC2)C(C)(C)C)cc1. The second-order valence-electron chi connectivity index (χ2n) is 10.7. The molecule has 3 amide bonds. The number of aromatic nitrogens is 1. The van der Waals surface area contributed by atoms with Gasteiger partial charge in [0.25, 0.3) is 0 Å². The summed E-state index contributed by atoms with van der Waals surface area (Å²) >= 11 is 1.59. The van der Waals surface area contributed by atoms with Crippen LogP contribution in [0, 0.1) is 18.3 Å². The van der Waals surface area contributed by atoms with Gasteiger partial charge < -0.3 is 20.6 Å². The zero-order chi connectivity index (χ0) is 25.3. The van der Waals surface area contributed by atoms with Gasteiger partial charge in [-0.25, -0.2) is 4.98 Å². The minimum Gasteiger partial charge on any atom is -0.391 e. The highest BCUT2D eigenvalue weighted by molar-refractivity contribution is 7.13. The lowest BCUT2D eigenvalue weighted by atomic mass is 9.85. The molecule has 1 aromatic carbocycles. The molecule has 2 aliphatic rings. The number of likely N-dealkylation sites (tertiary alicyclic amines) is 1. The largest absolute Gasteiger partial charge is 0.391 e. The van der Waals surface area contributed by atoms with E-state index in [2.05, 4.69) is 15.6 Å². The maximum absolute atomic E-state index is 13.5. The molecule has 8 nitrogen and oxygen atoms in total. The lowest BCUT2D eigenvalue weighted by molar-refractivity contribution is -0.144. The Bertz CT molecular complexity index is 1090. The number of benzene rings is 1. The third-order valence-corrected chi connectivity index (χ3v) is 7.62. The van der Waals surface area contributed by atoms with Crippen molar-refractivity contribution in [2.75, 3.05) is 6.54 Å². The standard InChI is InChI=1S/C26H34N4O4S/c1-15-21(35-14-28-15)17-7-5-16(6-8-17)12-27-24(33)20-11-19(31)13-30(20)25(34)22(26(2,3)4)29-23(32)18-9-10-18/h5-8,14,18-20,22,31H,9-13H2,1-4H3,(H,27,33)(H,29,32). The number of hydrogen-bond acceptors (Lipinski definition) is 6. The highest BCUT2D eigenvalue weighted by Crippen LogP contribution is 2.31. The number of aliphatic hydroxyl groups is 1. The average Bonchev–Trinajstić information content (AvgIpc) is 3.46. The Kier molecular flexibility index (Phi) is 7.28. The normalized spacial score (nSPS) is 21.0. The van der Waals surface area contributed by atoms with E-state index in [1.165, 1.54) is 4.90 Å². The van der Waals surface area contributed by atoms with Crippen molar-refractivity contribution in [3.63, 3.8) is 0 Å². The van der Waals surface area contributed by atoms with Gasteiger partial charge in [0.2, 0.25) is 17.7 Å². The Morgan fingerprint density at radius 3 is 2.43 bits per heavy atom. The van der Waals surface area contributed by atoms with Gasteiger partial charge in [0.15, 0.2) is 0 Å². The zero-order valence-electron chi connectivity index (χ0n) is 20.7. The lowest BCUT2D eigenvalue weighted by Gasteiger charge is -2.35. The first-order valence-corrected chi connectivity index (χ1v) is 13.0. The van der Waals surface area contributed by atoms with Gasteiger partial charge in [-0.1, -0.05) is 45.0 Å². The summed E-state index contributed by atoms with van der Waals surface area (Å²) < 4.78 is 0. The summed E-state index contributed by atoms with van der Waals surface area (Å²) in [6, 6.07) is 6.40. The van der Waals surface area contributed by atoms with Crippen LogP contribution in [0.5, 0.6) is 0 Å². The maximum Gasteiger partial charge on any atom is 0.246 e. The number of nitrogens with zero attached hydrogens (tertiary/aromatic N) is 2. The number of β-amino-alcohol motifs (C(OH)–C–C–N with tert-alkyl or cyclic N) is 1. The number of rotatable bonds is 7. The molecule has 188 valence electrons. The predicted octanol–water partition coefficient (Wildman–Crippen LogP) is 2.64. The Hall–Kier alpha value is -2.78. The highest BCUT2D eigenvalue weighted by Gasteiger charge is 2.45. The molecule has 0 radical (unpaired) electrons. The smallest absolute Gasteiger partial charge is 0.246 e. The molecule has 9 heteroatoms. The summed E-state index contributed by atoms with van der Waals surface area (Å²) in [4.78, 5) is 45.8. The van der Waals surface area contributed by atoms with E-state index in [9.17, 15) is 19.5 Å². The van der Waals surface area contributed by atoms with Crippen molar-refractivity contribution < 1.29 is 19.5 Å². The number of amides is 3. The minimum atomic E-state index is -0.781. The molecule has 1 aromatic heterocycles. The third-order valence-electron chi connectivity index (χ3n) is 6.64. The monoisotopic (exact) mass is 498 g/mol. The Morgan fingerprint density at radius 2 is 1.86 bits per heavy atom. The molecule has 4 rings (SSSR count). The summed E-state index contributed by atoms with van der Waals surface area (Å²) in [5.74, 6) is -0.774. The molecule has 0 spiro atoms. The molecular weight excluding hydrogens is 464 g/mol. The summed E-state index contributed by atoms with van der Waals surface area (Å²) in [6.45, 7) is 8.04. The summed E-state index contributed by atoms with van der Waals surface area (Å²) in [7, 11) is 0. The van der Waals surface area contributed by atoms with Crippen LogP contribution in [-0.4, -0.2) is 57.4 Å². The van der Waals surface area contributed by atoms with Gasteiger partial charge in [-0.3, -0.25) is 14.4 Å². The van der Waals surface area contributed by atoms with Crippen LogP contribution in [0.1, 0.15) is 51.3 Å². The molecule has 3 atom stereocenters. The summed E-state index contributed by atoms with van der Waals surface area (Å²) in [6.07, 6.45) is 1.08. The van der Waals surface area contributed by atoms with Crippen molar-refractivity contribution >= 4 is 29.1 Å². The van der Waals surface area contributed by atoms with E-state index in [4.69, 9.17) is 0 Å². The molecule has 2 fully saturated rings. The van der Waals surface area contributed by atoms with Gasteiger partial charge in [0, 0.05) is 25.4 Å². The predicted molar refractivity (Wildman–Crippen MR) is 134 cm³/mol. The summed E-state index contributed by atoms with van der Waals surface area (Å²) in [5.41, 5.74) is 4.29. The van der Waals surface area contributed by atoms with Gasteiger partial charge in [0.05, 0.1) is 22.2 Å². The van der Waals surface area contributed by atoms with Crippen molar-refractivity contribution in [3.8, 4) is 10.4 Å². The van der Waals surface area contributed by atoms with Crippen molar-refractivity contribution in [3.05, 3.63) is 41.0 Å². The number of aryl methyl sites for hydroxylation is 1. The molecule has 1 aliphatic carbocycles. The number of aliphatic hydroxyl groups excluding tert-OH is 1. The van der Waals surface area contributed by atoms with Crippen LogP contribution in [0.25, 0.3) is 10.4 Å². The fraction of sp³-hybridized carbons (Fsp3) is 0.538. The number of carbonyl (C=O) groups is 3. The topological polar surface area (TPSA) is 112 Å². The van der Waals surface area contributed by atoms with Crippen LogP contribution in [-0.2, 0) is 20.9 Å². The van der Waals surface area contributed by atoms with Crippen LogP contribution in [0.2, 0.25) is 0 Å². The number of nitrogens with one attached hydrogen (secondary N) is 2. The first-order valence-electron chi connectivity index (χ1n) is 12.1. The molecule has 35 heavy (non-hydrogen) atoms. The quantitative estimate of drug-likeness (QED) is 0.543. The van der Waals surface area contributed by atoms with Gasteiger partial charge in [-0.05, 0) is 36.3 Å². The highest BCUT2D eigenvalue weighted by atomic mass is 32.1. The molecular formula is C26H34N4O4S. The van der Waals surface area contributed by atoms with Gasteiger partial charge in [-0.15, -0.1) is 11.3 Å². The molecule has 1 saturated carbocycles. The summed E-state index contributed by atoms with van der Waals surface area (Å²) in [5, 5.41) is 16.1. The molecule has 1 saturated heterocycles. The Morgan fingerprint density at radius 1 is 1.17 bits per heavy atom. The van der Waals surface area contributed by atoms with Crippen molar-refractivity contribution in [2.24, 2.45) is 11.3 Å². The first kappa shape index (κ1) is 25.3. The molecule has 1 aliphatic heterocycles. The molecule has 3 unspecified atom stereocenters.